The molecule has 0 aromatic heterocycles. The fourth-order valence-electron chi connectivity index (χ4n) is 2.26. The van der Waals surface area contributed by atoms with Crippen LogP contribution in [0.2, 0.25) is 0 Å². The van der Waals surface area contributed by atoms with Gasteiger partial charge in [0, 0.05) is 17.6 Å². The topological polar surface area (TPSA) is 93.1 Å². The van der Waals surface area contributed by atoms with Crippen molar-refractivity contribution in [3.8, 4) is 23.0 Å². The number of benzene rings is 2. The SMILES string of the molecule is COc1cc(/C=C/C(=O)CC(=O)/C=C/c2ccc(O)c(OC)c2)ccc1O.[Ge]. The fraction of sp³-hybridized carbons (Fsp3) is 0.143. The number of phenols is 2. The maximum atomic E-state index is 11.9. The molecule has 0 aliphatic heterocycles. The molecule has 0 saturated carbocycles. The van der Waals surface area contributed by atoms with Crippen LogP contribution in [0, 0.1) is 0 Å². The number of allylic oxidation sites excluding steroid dienone is 2. The Balaban J connectivity index is 0.00000392. The van der Waals surface area contributed by atoms with E-state index in [4.69, 9.17) is 9.47 Å². The first-order valence-corrected chi connectivity index (χ1v) is 8.08. The molecule has 0 spiro atoms. The molecule has 2 aromatic rings. The van der Waals surface area contributed by atoms with Crippen molar-refractivity contribution in [2.45, 2.75) is 6.42 Å². The van der Waals surface area contributed by atoms with Crippen LogP contribution in [0.4, 0.5) is 0 Å². The second-order valence-corrected chi connectivity index (χ2v) is 5.64. The quantitative estimate of drug-likeness (QED) is 0.372. The summed E-state index contributed by atoms with van der Waals surface area (Å²) in [5, 5.41) is 19.1. The standard InChI is InChI=1S/C21H20O6.Ge/c1-26-20-11-14(5-9-18(20)24)3-7-16(22)13-17(23)8-4-15-6-10-19(25)21(12-15)27-2;/h3-12,24-25H,13H2,1-2H3;/b7-3+,8-4+;. The molecule has 28 heavy (non-hydrogen) atoms. The third-order valence-corrected chi connectivity index (χ3v) is 3.68. The summed E-state index contributed by atoms with van der Waals surface area (Å²) in [6.45, 7) is 0. The summed E-state index contributed by atoms with van der Waals surface area (Å²) in [5.74, 6) is -0.0832. The van der Waals surface area contributed by atoms with Crippen molar-refractivity contribution >= 4 is 41.3 Å². The van der Waals surface area contributed by atoms with Crippen LogP contribution < -0.4 is 9.47 Å². The average molecular weight is 441 g/mol. The number of carbonyl (C=O) groups excluding carboxylic acids is 2. The van der Waals surface area contributed by atoms with Crippen molar-refractivity contribution in [3.05, 3.63) is 59.7 Å². The molecule has 0 aliphatic carbocycles. The van der Waals surface area contributed by atoms with E-state index in [9.17, 15) is 19.8 Å². The van der Waals surface area contributed by atoms with Crippen molar-refractivity contribution in [2.75, 3.05) is 14.2 Å². The first kappa shape index (κ1) is 23.0. The molecule has 0 unspecified atom stereocenters. The molecule has 144 valence electrons. The van der Waals surface area contributed by atoms with Crippen LogP contribution in [0.15, 0.2) is 48.6 Å². The van der Waals surface area contributed by atoms with E-state index < -0.39 is 0 Å². The van der Waals surface area contributed by atoms with E-state index in [1.54, 1.807) is 36.4 Å². The van der Waals surface area contributed by atoms with Gasteiger partial charge in [-0.1, -0.05) is 24.3 Å². The van der Waals surface area contributed by atoms with Gasteiger partial charge in [-0.05, 0) is 47.5 Å². The van der Waals surface area contributed by atoms with Gasteiger partial charge >= 0.3 is 0 Å². The second-order valence-electron chi connectivity index (χ2n) is 5.64. The van der Waals surface area contributed by atoms with E-state index >= 15 is 0 Å². The van der Waals surface area contributed by atoms with Gasteiger partial charge in [0.15, 0.2) is 34.6 Å². The summed E-state index contributed by atoms with van der Waals surface area (Å²) in [6.07, 6.45) is 5.44. The largest absolute Gasteiger partial charge is 0.504 e. The van der Waals surface area contributed by atoms with E-state index in [2.05, 4.69) is 0 Å². The molecule has 6 nitrogen and oxygen atoms in total. The first-order valence-electron chi connectivity index (χ1n) is 8.08. The number of rotatable bonds is 8. The van der Waals surface area contributed by atoms with Crippen molar-refractivity contribution in [3.63, 3.8) is 0 Å². The molecule has 2 aromatic carbocycles. The van der Waals surface area contributed by atoms with Gasteiger partial charge in [-0.15, -0.1) is 0 Å². The smallest absolute Gasteiger partial charge is 0.163 e. The van der Waals surface area contributed by atoms with Crippen LogP contribution in [0.1, 0.15) is 17.5 Å². The molecule has 0 atom stereocenters. The molecule has 0 fully saturated rings. The number of ketones is 2. The predicted molar refractivity (Wildman–Crippen MR) is 108 cm³/mol. The zero-order valence-electron chi connectivity index (χ0n) is 15.5. The summed E-state index contributed by atoms with van der Waals surface area (Å²) in [7, 11) is 2.87. The number of hydrogen-bond acceptors (Lipinski definition) is 6. The number of aromatic hydroxyl groups is 2. The molecule has 0 heterocycles. The summed E-state index contributed by atoms with van der Waals surface area (Å²) >= 11 is 0. The summed E-state index contributed by atoms with van der Waals surface area (Å²) < 4.78 is 10.00. The summed E-state index contributed by atoms with van der Waals surface area (Å²) in [4.78, 5) is 23.9. The average Bonchev–Trinajstić information content (AvgIpc) is 2.66. The third-order valence-electron chi connectivity index (χ3n) is 3.68. The van der Waals surface area contributed by atoms with E-state index in [-0.39, 0.29) is 47.1 Å². The Morgan fingerprint density at radius 2 is 1.21 bits per heavy atom. The molecular formula is C21H20GeO6. The van der Waals surface area contributed by atoms with Gasteiger partial charge in [-0.25, -0.2) is 0 Å². The molecule has 0 amide bonds. The van der Waals surface area contributed by atoms with Gasteiger partial charge in [0.05, 0.1) is 20.6 Å². The van der Waals surface area contributed by atoms with Crippen LogP contribution in [0.3, 0.4) is 0 Å². The van der Waals surface area contributed by atoms with Crippen molar-refractivity contribution in [2.24, 2.45) is 0 Å². The van der Waals surface area contributed by atoms with E-state index in [0.717, 1.165) is 0 Å². The molecule has 2 rings (SSSR count). The Labute approximate surface area is 174 Å². The minimum Gasteiger partial charge on any atom is -0.504 e. The van der Waals surface area contributed by atoms with Gasteiger partial charge in [0.25, 0.3) is 0 Å². The van der Waals surface area contributed by atoms with Crippen LogP contribution in [-0.2, 0) is 9.59 Å². The van der Waals surface area contributed by atoms with E-state index in [1.807, 2.05) is 0 Å². The molecule has 0 bridgehead atoms. The molecule has 4 radical (unpaired) electrons. The molecular weight excluding hydrogens is 421 g/mol. The van der Waals surface area contributed by atoms with Gasteiger partial charge in [0.1, 0.15) is 0 Å². The fourth-order valence-corrected chi connectivity index (χ4v) is 2.26. The van der Waals surface area contributed by atoms with E-state index in [1.165, 1.54) is 38.5 Å². The van der Waals surface area contributed by atoms with Gasteiger partial charge < -0.3 is 19.7 Å². The third kappa shape index (κ3) is 6.62. The molecule has 0 aliphatic rings. The first-order chi connectivity index (χ1) is 12.9. The number of carbonyl (C=O) groups is 2. The van der Waals surface area contributed by atoms with Gasteiger partial charge in [-0.3, -0.25) is 9.59 Å². The van der Waals surface area contributed by atoms with E-state index in [0.29, 0.717) is 22.6 Å². The maximum Gasteiger partial charge on any atom is 0.163 e. The number of methoxy groups -OCH3 is 2. The number of phenolic OH excluding ortho intramolecular Hbond substituents is 2. The van der Waals surface area contributed by atoms with Gasteiger partial charge in [0.2, 0.25) is 0 Å². The van der Waals surface area contributed by atoms with Gasteiger partial charge in [-0.2, -0.15) is 0 Å². The Hall–Kier alpha value is -3.00. The van der Waals surface area contributed by atoms with Crippen LogP contribution >= 0.6 is 0 Å². The monoisotopic (exact) mass is 442 g/mol. The minimum atomic E-state index is -0.347. The molecule has 0 saturated heterocycles. The normalized spacial score (nSPS) is 10.6. The van der Waals surface area contributed by atoms with Crippen LogP contribution in [0.25, 0.3) is 12.2 Å². The number of ether oxygens (including phenoxy) is 2. The Bertz CT molecular complexity index is 828. The van der Waals surface area contributed by atoms with Crippen LogP contribution in [-0.4, -0.2) is 53.6 Å². The minimum absolute atomic E-state index is 0. The molecule has 7 heteroatoms. The summed E-state index contributed by atoms with van der Waals surface area (Å²) in [5.41, 5.74) is 1.33. The second kappa shape index (κ2) is 11.0. The zero-order valence-corrected chi connectivity index (χ0v) is 17.6. The summed E-state index contributed by atoms with van der Waals surface area (Å²) in [6, 6.07) is 9.34. The maximum absolute atomic E-state index is 11.9. The van der Waals surface area contributed by atoms with Crippen molar-refractivity contribution in [1.29, 1.82) is 0 Å². The molecule has 2 N–H and O–H groups in total. The zero-order chi connectivity index (χ0) is 19.8. The predicted octanol–water partition coefficient (Wildman–Crippen LogP) is 2.99. The van der Waals surface area contributed by atoms with Crippen LogP contribution in [0.5, 0.6) is 23.0 Å². The Morgan fingerprint density at radius 1 is 0.821 bits per heavy atom. The Kier molecular flexibility index (Phi) is 9.04. The Morgan fingerprint density at radius 3 is 1.57 bits per heavy atom. The van der Waals surface area contributed by atoms with Crippen molar-refractivity contribution in [1.82, 2.24) is 0 Å². The number of hydrogen-bond donors (Lipinski definition) is 2. The van der Waals surface area contributed by atoms with Crippen molar-refractivity contribution < 1.29 is 29.3 Å².